The third-order valence-corrected chi connectivity index (χ3v) is 3.77. The molecule has 0 saturated carbocycles. The van der Waals surface area contributed by atoms with Crippen molar-refractivity contribution in [3.05, 3.63) is 30.6 Å². The number of hydrogen-bond donors (Lipinski definition) is 2. The van der Waals surface area contributed by atoms with Gasteiger partial charge in [0.15, 0.2) is 0 Å². The minimum absolute atomic E-state index is 0.0308. The molecule has 1 atom stereocenters. The number of nitrogen functional groups attached to an aromatic ring is 1. The fourth-order valence-electron chi connectivity index (χ4n) is 2.86. The fourth-order valence-corrected chi connectivity index (χ4v) is 2.86. The summed E-state index contributed by atoms with van der Waals surface area (Å²) in [5.41, 5.74) is 7.90. The topological polar surface area (TPSA) is 71.2 Å². The van der Waals surface area contributed by atoms with Gasteiger partial charge in [0.1, 0.15) is 0 Å². The SMILES string of the molecule is CC(=O)NC1CCN(c2ccc(N)c3cnccc23)C1. The summed E-state index contributed by atoms with van der Waals surface area (Å²) in [6, 6.07) is 6.19. The van der Waals surface area contributed by atoms with Crippen LogP contribution in [0, 0.1) is 0 Å². The summed E-state index contributed by atoms with van der Waals surface area (Å²) >= 11 is 0. The van der Waals surface area contributed by atoms with E-state index in [0.29, 0.717) is 0 Å². The van der Waals surface area contributed by atoms with Crippen LogP contribution in [0.2, 0.25) is 0 Å². The lowest BCUT2D eigenvalue weighted by atomic mass is 10.1. The molecule has 2 aromatic rings. The lowest BCUT2D eigenvalue weighted by Crippen LogP contribution is -2.35. The van der Waals surface area contributed by atoms with Gasteiger partial charge in [-0.15, -0.1) is 0 Å². The summed E-state index contributed by atoms with van der Waals surface area (Å²) in [4.78, 5) is 17.6. The Balaban J connectivity index is 1.92. The molecule has 104 valence electrons. The summed E-state index contributed by atoms with van der Waals surface area (Å²) in [6.07, 6.45) is 4.55. The maximum absolute atomic E-state index is 11.1. The van der Waals surface area contributed by atoms with Crippen LogP contribution in [0.5, 0.6) is 0 Å². The predicted molar refractivity (Wildman–Crippen MR) is 80.6 cm³/mol. The summed E-state index contributed by atoms with van der Waals surface area (Å²) in [5, 5.41) is 5.08. The molecule has 0 aliphatic carbocycles. The molecule has 1 aliphatic heterocycles. The second kappa shape index (κ2) is 5.00. The molecule has 5 heteroatoms. The molecule has 1 unspecified atom stereocenters. The van der Waals surface area contributed by atoms with Crippen molar-refractivity contribution in [2.45, 2.75) is 19.4 Å². The van der Waals surface area contributed by atoms with Crippen LogP contribution < -0.4 is 16.0 Å². The van der Waals surface area contributed by atoms with Gasteiger partial charge in [-0.2, -0.15) is 0 Å². The molecule has 3 rings (SSSR count). The van der Waals surface area contributed by atoms with E-state index in [1.807, 2.05) is 18.2 Å². The lowest BCUT2D eigenvalue weighted by Gasteiger charge is -2.21. The molecule has 1 fully saturated rings. The normalized spacial score (nSPS) is 18.4. The van der Waals surface area contributed by atoms with Gasteiger partial charge in [-0.1, -0.05) is 0 Å². The Hall–Kier alpha value is -2.30. The third kappa shape index (κ3) is 2.27. The van der Waals surface area contributed by atoms with Gasteiger partial charge in [0.05, 0.1) is 0 Å². The van der Waals surface area contributed by atoms with E-state index in [1.54, 1.807) is 19.3 Å². The smallest absolute Gasteiger partial charge is 0.217 e. The molecular formula is C15H18N4O. The van der Waals surface area contributed by atoms with Gasteiger partial charge in [-0.3, -0.25) is 9.78 Å². The number of aromatic nitrogens is 1. The molecule has 0 radical (unpaired) electrons. The molecule has 1 saturated heterocycles. The maximum atomic E-state index is 11.1. The van der Waals surface area contributed by atoms with Crippen LogP contribution in [0.3, 0.4) is 0 Å². The average Bonchev–Trinajstić information content (AvgIpc) is 2.87. The van der Waals surface area contributed by atoms with Crippen LogP contribution >= 0.6 is 0 Å². The zero-order chi connectivity index (χ0) is 14.1. The summed E-state index contributed by atoms with van der Waals surface area (Å²) in [5.74, 6) is 0.0308. The predicted octanol–water partition coefficient (Wildman–Crippen LogP) is 1.53. The van der Waals surface area contributed by atoms with Crippen molar-refractivity contribution in [1.29, 1.82) is 0 Å². The molecule has 1 aromatic carbocycles. The van der Waals surface area contributed by atoms with Gasteiger partial charge in [0, 0.05) is 60.6 Å². The first kappa shape index (κ1) is 12.7. The van der Waals surface area contributed by atoms with Crippen molar-refractivity contribution in [3.8, 4) is 0 Å². The zero-order valence-corrected chi connectivity index (χ0v) is 11.5. The summed E-state index contributed by atoms with van der Waals surface area (Å²) in [7, 11) is 0. The number of nitrogens with zero attached hydrogens (tertiary/aromatic N) is 2. The highest BCUT2D eigenvalue weighted by Crippen LogP contribution is 2.32. The highest BCUT2D eigenvalue weighted by molar-refractivity contribution is 6.00. The number of benzene rings is 1. The highest BCUT2D eigenvalue weighted by Gasteiger charge is 2.24. The molecule has 2 heterocycles. The van der Waals surface area contributed by atoms with Crippen molar-refractivity contribution in [2.75, 3.05) is 23.7 Å². The minimum Gasteiger partial charge on any atom is -0.398 e. The Labute approximate surface area is 117 Å². The Morgan fingerprint density at radius 3 is 3.05 bits per heavy atom. The molecule has 1 amide bonds. The second-order valence-corrected chi connectivity index (χ2v) is 5.23. The number of amides is 1. The second-order valence-electron chi connectivity index (χ2n) is 5.23. The molecule has 0 spiro atoms. The Kier molecular flexibility index (Phi) is 3.18. The first-order valence-corrected chi connectivity index (χ1v) is 6.79. The number of nitrogens with one attached hydrogen (secondary N) is 1. The van der Waals surface area contributed by atoms with E-state index >= 15 is 0 Å². The standard InChI is InChI=1S/C15H18N4O/c1-10(20)18-11-5-7-19(9-11)15-3-2-14(16)13-8-17-6-4-12(13)15/h2-4,6,8,11H,5,7,9,16H2,1H3,(H,18,20). The zero-order valence-electron chi connectivity index (χ0n) is 11.5. The van der Waals surface area contributed by atoms with E-state index < -0.39 is 0 Å². The van der Waals surface area contributed by atoms with Crippen LogP contribution in [0.4, 0.5) is 11.4 Å². The molecule has 0 bridgehead atoms. The number of fused-ring (bicyclic) bond motifs is 1. The first-order valence-electron chi connectivity index (χ1n) is 6.79. The number of carbonyl (C=O) groups is 1. The first-order chi connectivity index (χ1) is 9.65. The van der Waals surface area contributed by atoms with Gasteiger partial charge < -0.3 is 16.0 Å². The Morgan fingerprint density at radius 1 is 1.40 bits per heavy atom. The number of pyridine rings is 1. The van der Waals surface area contributed by atoms with E-state index in [4.69, 9.17) is 5.73 Å². The van der Waals surface area contributed by atoms with E-state index in [2.05, 4.69) is 15.2 Å². The van der Waals surface area contributed by atoms with Crippen molar-refractivity contribution < 1.29 is 4.79 Å². The molecular weight excluding hydrogens is 252 g/mol. The summed E-state index contributed by atoms with van der Waals surface area (Å²) < 4.78 is 0. The van der Waals surface area contributed by atoms with E-state index in [1.165, 1.54) is 0 Å². The molecule has 1 aliphatic rings. The van der Waals surface area contributed by atoms with E-state index in [-0.39, 0.29) is 11.9 Å². The number of hydrogen-bond acceptors (Lipinski definition) is 4. The number of rotatable bonds is 2. The molecule has 5 nitrogen and oxygen atoms in total. The van der Waals surface area contributed by atoms with Crippen LogP contribution in [0.1, 0.15) is 13.3 Å². The maximum Gasteiger partial charge on any atom is 0.217 e. The number of nitrogens with two attached hydrogens (primary N) is 1. The average molecular weight is 270 g/mol. The third-order valence-electron chi connectivity index (χ3n) is 3.77. The minimum atomic E-state index is 0.0308. The van der Waals surface area contributed by atoms with Crippen LogP contribution in [-0.2, 0) is 4.79 Å². The van der Waals surface area contributed by atoms with Crippen LogP contribution in [-0.4, -0.2) is 30.0 Å². The van der Waals surface area contributed by atoms with E-state index in [9.17, 15) is 4.79 Å². The Bertz CT molecular complexity index is 655. The fraction of sp³-hybridized carbons (Fsp3) is 0.333. The van der Waals surface area contributed by atoms with Gasteiger partial charge in [0.2, 0.25) is 5.91 Å². The van der Waals surface area contributed by atoms with Gasteiger partial charge in [-0.05, 0) is 24.6 Å². The summed E-state index contributed by atoms with van der Waals surface area (Å²) in [6.45, 7) is 3.33. The van der Waals surface area contributed by atoms with Crippen LogP contribution in [0.25, 0.3) is 10.8 Å². The Morgan fingerprint density at radius 2 is 2.25 bits per heavy atom. The molecule has 1 aromatic heterocycles. The van der Waals surface area contributed by atoms with Crippen LogP contribution in [0.15, 0.2) is 30.6 Å². The van der Waals surface area contributed by atoms with Crippen molar-refractivity contribution in [2.24, 2.45) is 0 Å². The van der Waals surface area contributed by atoms with Crippen molar-refractivity contribution >= 4 is 28.1 Å². The number of carbonyl (C=O) groups excluding carboxylic acids is 1. The monoisotopic (exact) mass is 270 g/mol. The quantitative estimate of drug-likeness (QED) is 0.812. The highest BCUT2D eigenvalue weighted by atomic mass is 16.1. The molecule has 3 N–H and O–H groups in total. The number of anilines is 2. The van der Waals surface area contributed by atoms with Gasteiger partial charge in [0.25, 0.3) is 0 Å². The van der Waals surface area contributed by atoms with Gasteiger partial charge >= 0.3 is 0 Å². The van der Waals surface area contributed by atoms with Crippen molar-refractivity contribution in [1.82, 2.24) is 10.3 Å². The molecule has 20 heavy (non-hydrogen) atoms. The van der Waals surface area contributed by atoms with E-state index in [0.717, 1.165) is 41.7 Å². The van der Waals surface area contributed by atoms with Crippen molar-refractivity contribution in [3.63, 3.8) is 0 Å². The largest absolute Gasteiger partial charge is 0.398 e. The lowest BCUT2D eigenvalue weighted by molar-refractivity contribution is -0.119. The van der Waals surface area contributed by atoms with Gasteiger partial charge in [-0.25, -0.2) is 0 Å².